The van der Waals surface area contributed by atoms with Crippen molar-refractivity contribution in [3.63, 3.8) is 0 Å². The van der Waals surface area contributed by atoms with E-state index in [-0.39, 0.29) is 36.3 Å². The number of carboxylic acid groups (broad SMARTS) is 1. The quantitative estimate of drug-likeness (QED) is 0.542. The van der Waals surface area contributed by atoms with Crippen molar-refractivity contribution < 1.29 is 38.2 Å². The van der Waals surface area contributed by atoms with Crippen LogP contribution in [0.4, 0.5) is 0 Å². The van der Waals surface area contributed by atoms with Gasteiger partial charge in [0.2, 0.25) is 5.88 Å². The Balaban J connectivity index is 0.00000208. The number of aryl methyl sites for hydroxylation is 1. The number of carbonyl (C=O) groups is 1. The van der Waals surface area contributed by atoms with Crippen LogP contribution in [0.5, 0.6) is 5.88 Å². The van der Waals surface area contributed by atoms with Crippen molar-refractivity contribution in [1.82, 2.24) is 19.5 Å². The summed E-state index contributed by atoms with van der Waals surface area (Å²) in [6, 6.07) is 1.29. The molecule has 1 fully saturated rings. The van der Waals surface area contributed by atoms with Crippen molar-refractivity contribution in [3.8, 4) is 17.4 Å². The standard InChI is InChI=1S/C15H18N4O4.Li/c1-19-9-16-7-12(19)14-17-11(15(20)21)6-13(18-14)23-8-10-2-4-22-5-3-10;/h6-7,9-10H,2-5,8H2,1H3,(H,20,21);/q;+1/p-1. The third-order valence-electron chi connectivity index (χ3n) is 3.77. The summed E-state index contributed by atoms with van der Waals surface area (Å²) in [4.78, 5) is 23.4. The maximum absolute atomic E-state index is 11.2. The molecule has 0 N–H and O–H groups in total. The number of carboxylic acids is 1. The van der Waals surface area contributed by atoms with E-state index in [1.54, 1.807) is 24.1 Å². The number of aromatic carboxylic acids is 1. The summed E-state index contributed by atoms with van der Waals surface area (Å²) in [5, 5.41) is 11.2. The van der Waals surface area contributed by atoms with Crippen LogP contribution in [0.15, 0.2) is 18.6 Å². The van der Waals surface area contributed by atoms with Gasteiger partial charge in [0.1, 0.15) is 5.69 Å². The zero-order valence-corrected chi connectivity index (χ0v) is 13.8. The molecule has 0 saturated carbocycles. The second-order valence-electron chi connectivity index (χ2n) is 5.46. The van der Waals surface area contributed by atoms with Crippen molar-refractivity contribution in [2.75, 3.05) is 19.8 Å². The smallest absolute Gasteiger partial charge is 0.543 e. The number of hydrogen-bond donors (Lipinski definition) is 0. The Hall–Kier alpha value is -1.88. The van der Waals surface area contributed by atoms with Crippen LogP contribution in [0.1, 0.15) is 23.3 Å². The van der Waals surface area contributed by atoms with Crippen LogP contribution < -0.4 is 28.7 Å². The van der Waals surface area contributed by atoms with Crippen LogP contribution in [0.25, 0.3) is 11.5 Å². The Labute approximate surface area is 151 Å². The summed E-state index contributed by atoms with van der Waals surface area (Å²) in [7, 11) is 1.78. The third kappa shape index (κ3) is 4.35. The molecular weight excluding hydrogens is 307 g/mol. The van der Waals surface area contributed by atoms with E-state index in [9.17, 15) is 9.90 Å². The summed E-state index contributed by atoms with van der Waals surface area (Å²) in [6.45, 7) is 1.92. The molecule has 8 nitrogen and oxygen atoms in total. The first-order valence-electron chi connectivity index (χ1n) is 7.41. The van der Waals surface area contributed by atoms with Crippen LogP contribution in [0.3, 0.4) is 0 Å². The van der Waals surface area contributed by atoms with Crippen LogP contribution in [0, 0.1) is 5.92 Å². The van der Waals surface area contributed by atoms with Gasteiger partial charge in [0, 0.05) is 26.3 Å². The van der Waals surface area contributed by atoms with Gasteiger partial charge in [0.05, 0.1) is 30.8 Å². The SMILES string of the molecule is Cn1cncc1-c1nc(OCC2CCOCC2)cc(C(=O)[O-])n1.[Li+]. The molecule has 0 aromatic carbocycles. The molecule has 0 bridgehead atoms. The number of nitrogens with zero attached hydrogens (tertiary/aromatic N) is 4. The Morgan fingerprint density at radius 1 is 1.42 bits per heavy atom. The third-order valence-corrected chi connectivity index (χ3v) is 3.77. The fraction of sp³-hybridized carbons (Fsp3) is 0.467. The topological polar surface area (TPSA) is 102 Å². The Bertz CT molecular complexity index is 701. The first-order chi connectivity index (χ1) is 11.1. The summed E-state index contributed by atoms with van der Waals surface area (Å²) in [6.07, 6.45) is 5.00. The largest absolute Gasteiger partial charge is 1.00 e. The van der Waals surface area contributed by atoms with Gasteiger partial charge in [-0.15, -0.1) is 0 Å². The van der Waals surface area contributed by atoms with Crippen LogP contribution in [0.2, 0.25) is 0 Å². The molecule has 24 heavy (non-hydrogen) atoms. The molecule has 122 valence electrons. The van der Waals surface area contributed by atoms with Crippen LogP contribution in [-0.2, 0) is 11.8 Å². The Morgan fingerprint density at radius 2 is 2.17 bits per heavy atom. The van der Waals surface area contributed by atoms with Crippen molar-refractivity contribution in [2.24, 2.45) is 13.0 Å². The van der Waals surface area contributed by atoms with Gasteiger partial charge in [-0.2, -0.15) is 4.98 Å². The molecule has 0 radical (unpaired) electrons. The molecule has 0 aliphatic carbocycles. The molecule has 1 aliphatic rings. The molecule has 2 aromatic heterocycles. The second kappa shape index (κ2) is 8.29. The number of ether oxygens (including phenoxy) is 2. The molecule has 0 amide bonds. The van der Waals surface area contributed by atoms with Crippen molar-refractivity contribution in [1.29, 1.82) is 0 Å². The molecule has 3 heterocycles. The van der Waals surface area contributed by atoms with E-state index in [0.717, 1.165) is 26.1 Å². The average molecular weight is 324 g/mol. The second-order valence-corrected chi connectivity index (χ2v) is 5.46. The minimum absolute atomic E-state index is 0. The van der Waals surface area contributed by atoms with E-state index in [4.69, 9.17) is 9.47 Å². The van der Waals surface area contributed by atoms with E-state index in [0.29, 0.717) is 18.2 Å². The number of rotatable bonds is 5. The molecule has 1 saturated heterocycles. The molecule has 0 unspecified atom stereocenters. The van der Waals surface area contributed by atoms with E-state index in [1.165, 1.54) is 6.07 Å². The predicted octanol–water partition coefficient (Wildman–Crippen LogP) is -2.95. The summed E-state index contributed by atoms with van der Waals surface area (Å²) >= 11 is 0. The number of hydrogen-bond acceptors (Lipinski definition) is 7. The maximum atomic E-state index is 11.2. The molecule has 9 heteroatoms. The average Bonchev–Trinajstić information content (AvgIpc) is 3.00. The minimum Gasteiger partial charge on any atom is -0.543 e. The minimum atomic E-state index is -1.37. The monoisotopic (exact) mass is 324 g/mol. The zero-order chi connectivity index (χ0) is 16.2. The molecule has 0 spiro atoms. The fourth-order valence-corrected chi connectivity index (χ4v) is 2.41. The molecule has 1 aliphatic heterocycles. The van der Waals surface area contributed by atoms with E-state index < -0.39 is 5.97 Å². The van der Waals surface area contributed by atoms with Gasteiger partial charge >= 0.3 is 18.9 Å². The van der Waals surface area contributed by atoms with E-state index in [1.807, 2.05) is 0 Å². The predicted molar refractivity (Wildman–Crippen MR) is 77.6 cm³/mol. The summed E-state index contributed by atoms with van der Waals surface area (Å²) < 4.78 is 12.7. The molecule has 3 rings (SSSR count). The summed E-state index contributed by atoms with van der Waals surface area (Å²) in [5.41, 5.74) is 0.391. The van der Waals surface area contributed by atoms with Gasteiger partial charge < -0.3 is 23.9 Å². The summed E-state index contributed by atoms with van der Waals surface area (Å²) in [5.74, 6) is -0.521. The zero-order valence-electron chi connectivity index (χ0n) is 13.8. The van der Waals surface area contributed by atoms with Gasteiger partial charge in [-0.1, -0.05) is 0 Å². The first-order valence-corrected chi connectivity index (χ1v) is 7.41. The fourth-order valence-electron chi connectivity index (χ4n) is 2.41. The maximum Gasteiger partial charge on any atom is 1.00 e. The Kier molecular flexibility index (Phi) is 6.37. The van der Waals surface area contributed by atoms with Gasteiger partial charge in [0.25, 0.3) is 0 Å². The van der Waals surface area contributed by atoms with Gasteiger partial charge in [-0.05, 0) is 18.8 Å². The van der Waals surface area contributed by atoms with Gasteiger partial charge in [-0.3, -0.25) is 0 Å². The van der Waals surface area contributed by atoms with Crippen LogP contribution >= 0.6 is 0 Å². The molecule has 2 aromatic rings. The van der Waals surface area contributed by atoms with Crippen molar-refractivity contribution in [2.45, 2.75) is 12.8 Å². The first kappa shape index (κ1) is 18.5. The normalized spacial score (nSPS) is 14.9. The molecule has 0 atom stereocenters. The van der Waals surface area contributed by atoms with Gasteiger partial charge in [-0.25, -0.2) is 9.97 Å². The van der Waals surface area contributed by atoms with Crippen molar-refractivity contribution in [3.05, 3.63) is 24.3 Å². The number of aromatic nitrogens is 4. The Morgan fingerprint density at radius 3 is 2.79 bits per heavy atom. The number of carbonyl (C=O) groups excluding carboxylic acids is 1. The van der Waals surface area contributed by atoms with Gasteiger partial charge in [0.15, 0.2) is 5.82 Å². The number of imidazole rings is 1. The van der Waals surface area contributed by atoms with Crippen LogP contribution in [-0.4, -0.2) is 45.3 Å². The van der Waals surface area contributed by atoms with E-state index >= 15 is 0 Å². The molecular formula is C15H17LiN4O4. The van der Waals surface area contributed by atoms with E-state index in [2.05, 4.69) is 15.0 Å². The van der Waals surface area contributed by atoms with Crippen molar-refractivity contribution >= 4 is 5.97 Å².